The maximum Gasteiger partial charge on any atom is 0.471 e. The molecular weight excluding hydrogens is 401 g/mol. The van der Waals surface area contributed by atoms with Crippen LogP contribution in [0, 0.1) is 0 Å². The van der Waals surface area contributed by atoms with Gasteiger partial charge < -0.3 is 4.90 Å². The topological polar surface area (TPSA) is 101 Å². The highest BCUT2D eigenvalue weighted by Crippen LogP contribution is 2.33. The number of alkyl halides is 3. The number of nitrogens with one attached hydrogen (secondary N) is 1. The van der Waals surface area contributed by atoms with Crippen LogP contribution in [0.2, 0.25) is 0 Å². The highest BCUT2D eigenvalue weighted by molar-refractivity contribution is 7.89. The van der Waals surface area contributed by atoms with Crippen molar-refractivity contribution >= 4 is 21.6 Å². The van der Waals surface area contributed by atoms with Crippen LogP contribution in [0.5, 0.6) is 0 Å². The fourth-order valence-corrected chi connectivity index (χ4v) is 3.90. The standard InChI is InChI=1S/C16H15F3N4O4S/c17-16(18,19)15(25)22-8-5-11-10-12(3-4-13(11)22)28(26,27)21-7-9-23-14(24)2-1-6-20-23/h1-4,6,10,21H,5,7-9H2. The van der Waals surface area contributed by atoms with Crippen LogP contribution in [0.3, 0.4) is 0 Å². The van der Waals surface area contributed by atoms with Crippen molar-refractivity contribution < 1.29 is 26.4 Å². The van der Waals surface area contributed by atoms with Gasteiger partial charge in [0.05, 0.1) is 11.4 Å². The van der Waals surface area contributed by atoms with Crippen LogP contribution in [0.1, 0.15) is 5.56 Å². The maximum absolute atomic E-state index is 12.6. The Morgan fingerprint density at radius 1 is 1.25 bits per heavy atom. The highest BCUT2D eigenvalue weighted by atomic mass is 32.2. The minimum atomic E-state index is -5.00. The number of rotatable bonds is 5. The molecule has 0 bridgehead atoms. The van der Waals surface area contributed by atoms with Gasteiger partial charge in [0.2, 0.25) is 10.0 Å². The maximum atomic E-state index is 12.6. The van der Waals surface area contributed by atoms with Crippen molar-refractivity contribution in [2.75, 3.05) is 18.0 Å². The first-order chi connectivity index (χ1) is 13.1. The van der Waals surface area contributed by atoms with Crippen LogP contribution in [-0.2, 0) is 27.8 Å². The van der Waals surface area contributed by atoms with Gasteiger partial charge in [-0.1, -0.05) is 0 Å². The molecule has 0 unspecified atom stereocenters. The average molecular weight is 416 g/mol. The van der Waals surface area contributed by atoms with E-state index in [4.69, 9.17) is 0 Å². The molecule has 0 spiro atoms. The third-order valence-corrected chi connectivity index (χ3v) is 5.60. The third kappa shape index (κ3) is 4.07. The van der Waals surface area contributed by atoms with E-state index >= 15 is 0 Å². The number of fused-ring (bicyclic) bond motifs is 1. The molecule has 1 N–H and O–H groups in total. The van der Waals surface area contributed by atoms with Crippen molar-refractivity contribution in [3.8, 4) is 0 Å². The third-order valence-electron chi connectivity index (χ3n) is 4.15. The summed E-state index contributed by atoms with van der Waals surface area (Å²) in [6, 6.07) is 6.31. The van der Waals surface area contributed by atoms with E-state index in [1.807, 2.05) is 0 Å². The van der Waals surface area contributed by atoms with Crippen molar-refractivity contribution in [3.05, 3.63) is 52.4 Å². The Hall–Kier alpha value is -2.73. The van der Waals surface area contributed by atoms with E-state index in [0.717, 1.165) is 10.7 Å². The Bertz CT molecular complexity index is 1070. The van der Waals surface area contributed by atoms with Gasteiger partial charge in [0, 0.05) is 31.0 Å². The minimum Gasteiger partial charge on any atom is -0.304 e. The summed E-state index contributed by atoms with van der Waals surface area (Å²) in [7, 11) is -3.95. The minimum absolute atomic E-state index is 0.0116. The number of hydrogen-bond acceptors (Lipinski definition) is 5. The molecule has 0 aliphatic carbocycles. The Labute approximate surface area is 157 Å². The fraction of sp³-hybridized carbons (Fsp3) is 0.312. The van der Waals surface area contributed by atoms with Crippen LogP contribution < -0.4 is 15.2 Å². The van der Waals surface area contributed by atoms with Gasteiger partial charge in [-0.3, -0.25) is 9.59 Å². The first-order valence-corrected chi connectivity index (χ1v) is 9.61. The normalized spacial score (nSPS) is 14.2. The van der Waals surface area contributed by atoms with Crippen LogP contribution in [-0.4, -0.2) is 43.4 Å². The molecule has 12 heteroatoms. The molecule has 2 aromatic rings. The molecule has 1 aliphatic heterocycles. The van der Waals surface area contributed by atoms with Gasteiger partial charge in [-0.2, -0.15) is 18.3 Å². The molecule has 0 saturated carbocycles. The molecular formula is C16H15F3N4O4S. The van der Waals surface area contributed by atoms with Gasteiger partial charge in [-0.15, -0.1) is 0 Å². The number of sulfonamides is 1. The van der Waals surface area contributed by atoms with Crippen molar-refractivity contribution in [1.29, 1.82) is 0 Å². The molecule has 0 radical (unpaired) electrons. The largest absolute Gasteiger partial charge is 0.471 e. The van der Waals surface area contributed by atoms with E-state index in [2.05, 4.69) is 9.82 Å². The summed E-state index contributed by atoms with van der Waals surface area (Å²) in [5, 5.41) is 3.80. The van der Waals surface area contributed by atoms with Crippen molar-refractivity contribution in [2.24, 2.45) is 0 Å². The average Bonchev–Trinajstić information content (AvgIpc) is 3.05. The summed E-state index contributed by atoms with van der Waals surface area (Å²) < 4.78 is 66.1. The predicted molar refractivity (Wildman–Crippen MR) is 92.2 cm³/mol. The second-order valence-corrected chi connectivity index (χ2v) is 7.74. The van der Waals surface area contributed by atoms with E-state index in [1.54, 1.807) is 0 Å². The van der Waals surface area contributed by atoms with Crippen LogP contribution >= 0.6 is 0 Å². The zero-order valence-corrected chi connectivity index (χ0v) is 15.1. The number of amides is 1. The fourth-order valence-electron chi connectivity index (χ4n) is 2.83. The molecule has 0 atom stereocenters. The van der Waals surface area contributed by atoms with Gasteiger partial charge in [-0.05, 0) is 36.2 Å². The molecule has 0 fully saturated rings. The Balaban J connectivity index is 1.73. The van der Waals surface area contributed by atoms with Gasteiger partial charge >= 0.3 is 12.1 Å². The molecule has 28 heavy (non-hydrogen) atoms. The lowest BCUT2D eigenvalue weighted by molar-refractivity contribution is -0.170. The van der Waals surface area contributed by atoms with Crippen LogP contribution in [0.15, 0.2) is 46.2 Å². The number of carbonyl (C=O) groups is 1. The molecule has 1 amide bonds. The molecule has 150 valence electrons. The first kappa shape index (κ1) is 20.0. The van der Waals surface area contributed by atoms with E-state index in [9.17, 15) is 31.2 Å². The van der Waals surface area contributed by atoms with E-state index in [1.165, 1.54) is 30.5 Å². The number of hydrogen-bond donors (Lipinski definition) is 1. The van der Waals surface area contributed by atoms with Crippen molar-refractivity contribution in [3.63, 3.8) is 0 Å². The second-order valence-electron chi connectivity index (χ2n) is 5.98. The number of nitrogens with zero attached hydrogens (tertiary/aromatic N) is 3. The lowest BCUT2D eigenvalue weighted by atomic mass is 10.2. The Kier molecular flexibility index (Phi) is 5.26. The summed E-state index contributed by atoms with van der Waals surface area (Å²) in [5.41, 5.74) is -0.00335. The van der Waals surface area contributed by atoms with Crippen LogP contribution in [0.25, 0.3) is 0 Å². The van der Waals surface area contributed by atoms with Gasteiger partial charge in [-0.25, -0.2) is 17.8 Å². The molecule has 1 aliphatic rings. The number of carbonyl (C=O) groups excluding carboxylic acids is 1. The summed E-state index contributed by atoms with van der Waals surface area (Å²) >= 11 is 0. The smallest absolute Gasteiger partial charge is 0.304 e. The number of halogens is 3. The zero-order chi connectivity index (χ0) is 20.5. The van der Waals surface area contributed by atoms with Crippen molar-refractivity contribution in [2.45, 2.75) is 24.0 Å². The SMILES string of the molecule is O=C(N1CCc2cc(S(=O)(=O)NCCn3ncccc3=O)ccc21)C(F)(F)F. The van der Waals surface area contributed by atoms with Gasteiger partial charge in [0.1, 0.15) is 0 Å². The summed E-state index contributed by atoms with van der Waals surface area (Å²) in [6.45, 7) is -0.264. The molecule has 1 aromatic heterocycles. The van der Waals surface area contributed by atoms with E-state index in [0.29, 0.717) is 10.5 Å². The molecule has 8 nitrogen and oxygen atoms in total. The highest BCUT2D eigenvalue weighted by Gasteiger charge is 2.44. The molecule has 3 rings (SSSR count). The summed E-state index contributed by atoms with van der Waals surface area (Å²) in [6.07, 6.45) is -3.49. The number of aromatic nitrogens is 2. The summed E-state index contributed by atoms with van der Waals surface area (Å²) in [5.74, 6) is -1.99. The van der Waals surface area contributed by atoms with E-state index in [-0.39, 0.29) is 42.2 Å². The first-order valence-electron chi connectivity index (χ1n) is 8.13. The predicted octanol–water partition coefficient (Wildman–Crippen LogP) is 0.673. The molecule has 0 saturated heterocycles. The number of anilines is 1. The van der Waals surface area contributed by atoms with E-state index < -0.39 is 22.1 Å². The molecule has 1 aromatic carbocycles. The Morgan fingerprint density at radius 3 is 2.68 bits per heavy atom. The lowest BCUT2D eigenvalue weighted by Gasteiger charge is -2.19. The lowest BCUT2D eigenvalue weighted by Crippen LogP contribution is -2.40. The number of benzene rings is 1. The summed E-state index contributed by atoms with van der Waals surface area (Å²) in [4.78, 5) is 23.4. The quantitative estimate of drug-likeness (QED) is 0.772. The Morgan fingerprint density at radius 2 is 2.00 bits per heavy atom. The van der Waals surface area contributed by atoms with Gasteiger partial charge in [0.15, 0.2) is 0 Å². The van der Waals surface area contributed by atoms with Crippen molar-refractivity contribution in [1.82, 2.24) is 14.5 Å². The zero-order valence-electron chi connectivity index (χ0n) is 14.3. The molecule has 2 heterocycles. The monoisotopic (exact) mass is 416 g/mol. The van der Waals surface area contributed by atoms with Crippen LogP contribution in [0.4, 0.5) is 18.9 Å². The van der Waals surface area contributed by atoms with Gasteiger partial charge in [0.25, 0.3) is 5.56 Å². The second kappa shape index (κ2) is 7.36.